The molecule has 1 rings (SSSR count). The number of hydrogen-bond acceptors (Lipinski definition) is 0. The number of hydrogen-bond donors (Lipinski definition) is 0. The highest BCUT2D eigenvalue weighted by Gasteiger charge is 2.33. The average Bonchev–Trinajstić information content (AvgIpc) is 2.54. The van der Waals surface area contributed by atoms with Crippen LogP contribution in [0.1, 0.15) is 52.4 Å². The van der Waals surface area contributed by atoms with Gasteiger partial charge in [-0.3, -0.25) is 0 Å². The topological polar surface area (TPSA) is 0 Å². The Morgan fingerprint density at radius 2 is 1.77 bits per heavy atom. The summed E-state index contributed by atoms with van der Waals surface area (Å²) in [6, 6.07) is 0.947. The normalized spacial score (nSPS) is 23.3. The lowest BCUT2D eigenvalue weighted by Crippen LogP contribution is -2.49. The van der Waals surface area contributed by atoms with Gasteiger partial charge in [-0.25, -0.2) is 0 Å². The van der Waals surface area contributed by atoms with Crippen molar-refractivity contribution in [2.24, 2.45) is 0 Å². The Morgan fingerprint density at radius 3 is 2.23 bits per heavy atom. The number of likely N-dealkylation sites (tertiary alicyclic amines) is 1. The molecule has 1 aliphatic heterocycles. The van der Waals surface area contributed by atoms with Crippen LogP contribution < -0.4 is 0 Å². The second kappa shape index (κ2) is 4.99. The van der Waals surface area contributed by atoms with Gasteiger partial charge in [-0.15, -0.1) is 0 Å². The van der Waals surface area contributed by atoms with Gasteiger partial charge in [0.15, 0.2) is 0 Å². The lowest BCUT2D eigenvalue weighted by Gasteiger charge is -2.37. The Balaban J connectivity index is 2.43. The molecule has 0 aromatic rings. The maximum Gasteiger partial charge on any atom is 0.0885 e. The van der Waals surface area contributed by atoms with Gasteiger partial charge in [-0.2, -0.15) is 0 Å². The zero-order chi connectivity index (χ0) is 9.73. The Kier molecular flexibility index (Phi) is 4.24. The van der Waals surface area contributed by atoms with Gasteiger partial charge in [0.05, 0.1) is 26.2 Å². The predicted molar refractivity (Wildman–Crippen MR) is 58.8 cm³/mol. The van der Waals surface area contributed by atoms with Crippen molar-refractivity contribution in [1.29, 1.82) is 0 Å². The van der Waals surface area contributed by atoms with Crippen molar-refractivity contribution >= 4 is 0 Å². The molecule has 0 aliphatic carbocycles. The first-order chi connectivity index (χ1) is 6.23. The first kappa shape index (κ1) is 11.0. The molecule has 1 saturated heterocycles. The van der Waals surface area contributed by atoms with Crippen LogP contribution in [0.2, 0.25) is 0 Å². The molecule has 1 fully saturated rings. The van der Waals surface area contributed by atoms with E-state index in [-0.39, 0.29) is 0 Å². The maximum atomic E-state index is 2.47. The molecule has 0 aromatic heterocycles. The third-order valence-electron chi connectivity index (χ3n) is 3.83. The van der Waals surface area contributed by atoms with Crippen LogP contribution in [0.3, 0.4) is 0 Å². The third kappa shape index (κ3) is 2.70. The molecule has 13 heavy (non-hydrogen) atoms. The molecule has 0 spiro atoms. The average molecular weight is 184 g/mol. The van der Waals surface area contributed by atoms with Crippen LogP contribution in [0.4, 0.5) is 0 Å². The number of nitrogens with zero attached hydrogens (tertiary/aromatic N) is 1. The summed E-state index contributed by atoms with van der Waals surface area (Å²) < 4.78 is 1.37. The third-order valence-corrected chi connectivity index (χ3v) is 3.83. The minimum Gasteiger partial charge on any atom is -0.324 e. The molecule has 1 atom stereocenters. The Hall–Kier alpha value is -0.0400. The molecule has 1 unspecified atom stereocenters. The summed E-state index contributed by atoms with van der Waals surface area (Å²) in [5, 5.41) is 0. The number of rotatable bonds is 5. The molecule has 1 heteroatoms. The molecule has 78 valence electrons. The van der Waals surface area contributed by atoms with E-state index in [4.69, 9.17) is 0 Å². The van der Waals surface area contributed by atoms with E-state index in [1.54, 1.807) is 0 Å². The Morgan fingerprint density at radius 1 is 1.15 bits per heavy atom. The lowest BCUT2D eigenvalue weighted by atomic mass is 10.0. The summed E-state index contributed by atoms with van der Waals surface area (Å²) in [7, 11) is 2.47. The first-order valence-electron chi connectivity index (χ1n) is 6.07. The van der Waals surface area contributed by atoms with E-state index < -0.39 is 0 Å². The first-order valence-corrected chi connectivity index (χ1v) is 6.07. The molecular weight excluding hydrogens is 158 g/mol. The van der Waals surface area contributed by atoms with E-state index in [9.17, 15) is 0 Å². The molecule has 1 heterocycles. The number of quaternary nitrogens is 1. The fraction of sp³-hybridized carbons (Fsp3) is 1.00. The van der Waals surface area contributed by atoms with Crippen LogP contribution in [0.25, 0.3) is 0 Å². The van der Waals surface area contributed by atoms with E-state index in [0.717, 1.165) is 6.04 Å². The molecular formula is C12H26N+. The highest BCUT2D eigenvalue weighted by Crippen LogP contribution is 2.25. The summed E-state index contributed by atoms with van der Waals surface area (Å²) >= 11 is 0. The monoisotopic (exact) mass is 184 g/mol. The van der Waals surface area contributed by atoms with Crippen LogP contribution in [-0.2, 0) is 0 Å². The zero-order valence-corrected chi connectivity index (χ0v) is 9.68. The van der Waals surface area contributed by atoms with E-state index in [0.29, 0.717) is 0 Å². The van der Waals surface area contributed by atoms with E-state index in [2.05, 4.69) is 20.9 Å². The van der Waals surface area contributed by atoms with Crippen molar-refractivity contribution < 1.29 is 4.48 Å². The highest BCUT2D eigenvalue weighted by molar-refractivity contribution is 4.62. The van der Waals surface area contributed by atoms with Crippen molar-refractivity contribution in [3.05, 3.63) is 0 Å². The molecule has 0 bridgehead atoms. The van der Waals surface area contributed by atoms with E-state index in [1.807, 2.05) is 0 Å². The largest absolute Gasteiger partial charge is 0.324 e. The summed E-state index contributed by atoms with van der Waals surface area (Å²) in [5.74, 6) is 0. The molecule has 0 aromatic carbocycles. The second-order valence-corrected chi connectivity index (χ2v) is 4.84. The smallest absolute Gasteiger partial charge is 0.0885 e. The minimum atomic E-state index is 0.947. The SMILES string of the molecule is CCCCC(CC)[N+]1(C)CCCC1. The van der Waals surface area contributed by atoms with Crippen LogP contribution in [0.5, 0.6) is 0 Å². The van der Waals surface area contributed by atoms with Crippen molar-refractivity contribution in [3.63, 3.8) is 0 Å². The van der Waals surface area contributed by atoms with Crippen molar-refractivity contribution in [2.75, 3.05) is 20.1 Å². The zero-order valence-electron chi connectivity index (χ0n) is 9.68. The molecule has 0 amide bonds. The molecule has 1 aliphatic rings. The summed E-state index contributed by atoms with van der Waals surface area (Å²) in [6.45, 7) is 7.53. The van der Waals surface area contributed by atoms with Gasteiger partial charge < -0.3 is 4.48 Å². The number of unbranched alkanes of at least 4 members (excludes halogenated alkanes) is 1. The predicted octanol–water partition coefficient (Wildman–Crippen LogP) is 3.20. The second-order valence-electron chi connectivity index (χ2n) is 4.84. The van der Waals surface area contributed by atoms with Gasteiger partial charge in [-0.1, -0.05) is 20.3 Å². The van der Waals surface area contributed by atoms with E-state index >= 15 is 0 Å². The van der Waals surface area contributed by atoms with Crippen molar-refractivity contribution in [1.82, 2.24) is 0 Å². The maximum absolute atomic E-state index is 2.47. The van der Waals surface area contributed by atoms with Gasteiger partial charge in [0.2, 0.25) is 0 Å². The van der Waals surface area contributed by atoms with Crippen molar-refractivity contribution in [3.8, 4) is 0 Å². The van der Waals surface area contributed by atoms with Crippen LogP contribution in [-0.4, -0.2) is 30.7 Å². The molecule has 0 N–H and O–H groups in total. The Bertz CT molecular complexity index is 136. The quantitative estimate of drug-likeness (QED) is 0.576. The fourth-order valence-corrected chi connectivity index (χ4v) is 2.82. The molecule has 0 radical (unpaired) electrons. The standard InChI is InChI=1S/C12H26N/c1-4-6-9-12(5-2)13(3)10-7-8-11-13/h12H,4-11H2,1-3H3/q+1. The van der Waals surface area contributed by atoms with Gasteiger partial charge in [0, 0.05) is 12.8 Å². The van der Waals surface area contributed by atoms with Crippen molar-refractivity contribution in [2.45, 2.75) is 58.4 Å². The molecule has 1 nitrogen and oxygen atoms in total. The highest BCUT2D eigenvalue weighted by atomic mass is 15.4. The van der Waals surface area contributed by atoms with Gasteiger partial charge >= 0.3 is 0 Å². The Labute approximate surface area is 83.7 Å². The fourth-order valence-electron chi connectivity index (χ4n) is 2.82. The van der Waals surface area contributed by atoms with E-state index in [1.165, 1.54) is 56.1 Å². The summed E-state index contributed by atoms with van der Waals surface area (Å²) in [4.78, 5) is 0. The van der Waals surface area contributed by atoms with Crippen LogP contribution in [0.15, 0.2) is 0 Å². The van der Waals surface area contributed by atoms with Gasteiger partial charge in [-0.05, 0) is 19.3 Å². The summed E-state index contributed by atoms with van der Waals surface area (Å²) in [6.07, 6.45) is 8.51. The van der Waals surface area contributed by atoms with Gasteiger partial charge in [0.25, 0.3) is 0 Å². The minimum absolute atomic E-state index is 0.947. The van der Waals surface area contributed by atoms with Crippen LogP contribution in [0, 0.1) is 0 Å². The molecule has 0 saturated carbocycles. The lowest BCUT2D eigenvalue weighted by molar-refractivity contribution is -0.922. The van der Waals surface area contributed by atoms with Crippen LogP contribution >= 0.6 is 0 Å². The summed E-state index contributed by atoms with van der Waals surface area (Å²) in [5.41, 5.74) is 0. The van der Waals surface area contributed by atoms with Gasteiger partial charge in [0.1, 0.15) is 0 Å².